The van der Waals surface area contributed by atoms with Crippen LogP contribution in [0.4, 0.5) is 6.01 Å². The van der Waals surface area contributed by atoms with Gasteiger partial charge in [0.2, 0.25) is 5.91 Å². The number of anilines is 1. The maximum absolute atomic E-state index is 12.3. The van der Waals surface area contributed by atoms with E-state index in [1.165, 1.54) is 0 Å². The number of hydrogen-bond acceptors (Lipinski definition) is 4. The summed E-state index contributed by atoms with van der Waals surface area (Å²) in [7, 11) is 1.87. The molecule has 6 heteroatoms. The van der Waals surface area contributed by atoms with Crippen LogP contribution in [-0.2, 0) is 18.3 Å². The number of nitrogens with one attached hydrogen (secondary N) is 1. The van der Waals surface area contributed by atoms with Crippen molar-refractivity contribution < 1.29 is 9.21 Å². The van der Waals surface area contributed by atoms with Crippen LogP contribution in [0.25, 0.3) is 11.1 Å². The number of aromatic nitrogens is 3. The van der Waals surface area contributed by atoms with Crippen molar-refractivity contribution in [2.75, 3.05) is 5.32 Å². The Bertz CT molecular complexity index is 905. The van der Waals surface area contributed by atoms with Gasteiger partial charge in [0.25, 0.3) is 0 Å². The Morgan fingerprint density at radius 2 is 2.00 bits per heavy atom. The topological polar surface area (TPSA) is 73.0 Å². The van der Waals surface area contributed by atoms with Gasteiger partial charge in [-0.25, -0.2) is 0 Å². The van der Waals surface area contributed by atoms with Crippen LogP contribution in [-0.4, -0.2) is 20.7 Å². The van der Waals surface area contributed by atoms with Crippen LogP contribution in [0.15, 0.2) is 16.5 Å². The van der Waals surface area contributed by atoms with Crippen molar-refractivity contribution in [3.05, 3.63) is 40.2 Å². The predicted octanol–water partition coefficient (Wildman–Crippen LogP) is 2.98. The first-order chi connectivity index (χ1) is 10.8. The second-order valence-corrected chi connectivity index (χ2v) is 5.95. The third-order valence-electron chi connectivity index (χ3n) is 4.06. The first-order valence-electron chi connectivity index (χ1n) is 7.52. The summed E-state index contributed by atoms with van der Waals surface area (Å²) >= 11 is 0. The molecule has 3 rings (SSSR count). The predicted molar refractivity (Wildman–Crippen MR) is 88.5 cm³/mol. The zero-order valence-electron chi connectivity index (χ0n) is 14.0. The highest BCUT2D eigenvalue weighted by Gasteiger charge is 2.16. The standard InChI is InChI=1S/C17H20N4O2/c1-9-6-10(2)16-14(7-9)18-17(23-16)19-15(22)8-13-11(3)20-21(5)12(13)4/h6-7H,8H2,1-5H3,(H,18,19,22). The van der Waals surface area contributed by atoms with Gasteiger partial charge in [0.15, 0.2) is 5.58 Å². The molecule has 1 amide bonds. The first-order valence-corrected chi connectivity index (χ1v) is 7.52. The molecule has 0 aliphatic carbocycles. The number of nitrogens with zero attached hydrogens (tertiary/aromatic N) is 3. The van der Waals surface area contributed by atoms with Gasteiger partial charge < -0.3 is 4.42 Å². The lowest BCUT2D eigenvalue weighted by Gasteiger charge is -2.02. The van der Waals surface area contributed by atoms with Crippen molar-refractivity contribution in [1.82, 2.24) is 14.8 Å². The molecule has 1 N–H and O–H groups in total. The molecule has 6 nitrogen and oxygen atoms in total. The summed E-state index contributed by atoms with van der Waals surface area (Å²) in [6.45, 7) is 7.83. The fourth-order valence-corrected chi connectivity index (χ4v) is 2.83. The van der Waals surface area contributed by atoms with Crippen LogP contribution in [0.3, 0.4) is 0 Å². The fraction of sp³-hybridized carbons (Fsp3) is 0.353. The molecular formula is C17H20N4O2. The van der Waals surface area contributed by atoms with Gasteiger partial charge in [-0.2, -0.15) is 10.1 Å². The maximum Gasteiger partial charge on any atom is 0.302 e. The molecule has 0 unspecified atom stereocenters. The molecule has 0 aliphatic heterocycles. The van der Waals surface area contributed by atoms with E-state index in [4.69, 9.17) is 4.42 Å². The number of rotatable bonds is 3. The molecule has 0 atom stereocenters. The fourth-order valence-electron chi connectivity index (χ4n) is 2.83. The van der Waals surface area contributed by atoms with E-state index in [9.17, 15) is 4.79 Å². The molecule has 1 aromatic carbocycles. The van der Waals surface area contributed by atoms with Crippen LogP contribution in [0.5, 0.6) is 0 Å². The highest BCUT2D eigenvalue weighted by atomic mass is 16.4. The minimum Gasteiger partial charge on any atom is -0.423 e. The van der Waals surface area contributed by atoms with E-state index in [2.05, 4.69) is 15.4 Å². The van der Waals surface area contributed by atoms with E-state index in [0.29, 0.717) is 5.58 Å². The second kappa shape index (κ2) is 5.53. The largest absolute Gasteiger partial charge is 0.423 e. The van der Waals surface area contributed by atoms with Crippen molar-refractivity contribution in [3.8, 4) is 0 Å². The zero-order valence-corrected chi connectivity index (χ0v) is 14.0. The summed E-state index contributed by atoms with van der Waals surface area (Å²) in [6, 6.07) is 4.20. The highest BCUT2D eigenvalue weighted by Crippen LogP contribution is 2.24. The average Bonchev–Trinajstić information content (AvgIpc) is 2.95. The quantitative estimate of drug-likeness (QED) is 0.807. The molecule has 23 heavy (non-hydrogen) atoms. The minimum atomic E-state index is -0.162. The number of fused-ring (bicyclic) bond motifs is 1. The Labute approximate surface area is 134 Å². The smallest absolute Gasteiger partial charge is 0.302 e. The maximum atomic E-state index is 12.3. The average molecular weight is 312 g/mol. The number of carbonyl (C=O) groups is 1. The van der Waals surface area contributed by atoms with Crippen molar-refractivity contribution in [2.45, 2.75) is 34.1 Å². The molecular weight excluding hydrogens is 292 g/mol. The van der Waals surface area contributed by atoms with Crippen LogP contribution in [0.1, 0.15) is 28.1 Å². The molecule has 0 aliphatic rings. The van der Waals surface area contributed by atoms with Gasteiger partial charge in [0.05, 0.1) is 12.1 Å². The van der Waals surface area contributed by atoms with E-state index in [1.807, 2.05) is 46.9 Å². The Morgan fingerprint density at radius 3 is 2.65 bits per heavy atom. The molecule has 120 valence electrons. The summed E-state index contributed by atoms with van der Waals surface area (Å²) in [6.07, 6.45) is 0.252. The SMILES string of the molecule is Cc1cc(C)c2oc(NC(=O)Cc3c(C)nn(C)c3C)nc2c1. The molecule has 2 aromatic heterocycles. The summed E-state index contributed by atoms with van der Waals surface area (Å²) in [5, 5.41) is 7.06. The van der Waals surface area contributed by atoms with E-state index in [1.54, 1.807) is 4.68 Å². The lowest BCUT2D eigenvalue weighted by molar-refractivity contribution is -0.115. The highest BCUT2D eigenvalue weighted by molar-refractivity contribution is 5.92. The van der Waals surface area contributed by atoms with Gasteiger partial charge in [-0.3, -0.25) is 14.8 Å². The lowest BCUT2D eigenvalue weighted by Crippen LogP contribution is -2.15. The minimum absolute atomic E-state index is 0.162. The number of hydrogen-bond donors (Lipinski definition) is 1. The van der Waals surface area contributed by atoms with Crippen LogP contribution in [0, 0.1) is 27.7 Å². The number of aryl methyl sites for hydroxylation is 4. The van der Waals surface area contributed by atoms with Gasteiger partial charge in [-0.1, -0.05) is 6.07 Å². The first kappa shape index (κ1) is 15.3. The van der Waals surface area contributed by atoms with Crippen molar-refractivity contribution in [3.63, 3.8) is 0 Å². The number of oxazole rings is 1. The Morgan fingerprint density at radius 1 is 1.26 bits per heavy atom. The van der Waals surface area contributed by atoms with Gasteiger partial charge in [-0.15, -0.1) is 0 Å². The van der Waals surface area contributed by atoms with Crippen molar-refractivity contribution in [2.24, 2.45) is 7.05 Å². The summed E-state index contributed by atoms with van der Waals surface area (Å²) in [4.78, 5) is 16.6. The molecule has 3 aromatic rings. The second-order valence-electron chi connectivity index (χ2n) is 5.95. The van der Waals surface area contributed by atoms with Gasteiger partial charge in [-0.05, 0) is 44.9 Å². The Kier molecular flexibility index (Phi) is 3.67. The van der Waals surface area contributed by atoms with Crippen LogP contribution >= 0.6 is 0 Å². The summed E-state index contributed by atoms with van der Waals surface area (Å²) in [5.41, 5.74) is 6.37. The molecule has 0 bridgehead atoms. The van der Waals surface area contributed by atoms with E-state index in [-0.39, 0.29) is 18.3 Å². The van der Waals surface area contributed by atoms with Crippen LogP contribution < -0.4 is 5.32 Å². The summed E-state index contributed by atoms with van der Waals surface area (Å²) in [5.74, 6) is -0.162. The lowest BCUT2D eigenvalue weighted by atomic mass is 10.1. The molecule has 0 spiro atoms. The Hall–Kier alpha value is -2.63. The number of amides is 1. The molecule has 2 heterocycles. The van der Waals surface area contributed by atoms with Gasteiger partial charge >= 0.3 is 6.01 Å². The normalized spacial score (nSPS) is 11.2. The molecule has 0 saturated heterocycles. The molecule has 0 radical (unpaired) electrons. The number of benzene rings is 1. The van der Waals surface area contributed by atoms with E-state index < -0.39 is 0 Å². The van der Waals surface area contributed by atoms with Gasteiger partial charge in [0.1, 0.15) is 5.52 Å². The van der Waals surface area contributed by atoms with E-state index >= 15 is 0 Å². The van der Waals surface area contributed by atoms with Crippen LogP contribution in [0.2, 0.25) is 0 Å². The molecule has 0 saturated carbocycles. The van der Waals surface area contributed by atoms with E-state index in [0.717, 1.165) is 33.6 Å². The number of carbonyl (C=O) groups excluding carboxylic acids is 1. The summed E-state index contributed by atoms with van der Waals surface area (Å²) < 4.78 is 7.45. The monoisotopic (exact) mass is 312 g/mol. The Balaban J connectivity index is 1.81. The van der Waals surface area contributed by atoms with Gasteiger partial charge in [0, 0.05) is 18.3 Å². The molecule has 0 fully saturated rings. The zero-order chi connectivity index (χ0) is 16.7. The van der Waals surface area contributed by atoms with Crippen molar-refractivity contribution in [1.29, 1.82) is 0 Å². The third-order valence-corrected chi connectivity index (χ3v) is 4.06. The third kappa shape index (κ3) is 2.84. The van der Waals surface area contributed by atoms with Crippen molar-refractivity contribution >= 4 is 23.0 Å².